The first-order chi connectivity index (χ1) is 23.7. The molecular weight excluding hydrogens is 672 g/mol. The van der Waals surface area contributed by atoms with Gasteiger partial charge in [-0.05, 0) is 71.2 Å². The van der Waals surface area contributed by atoms with Crippen molar-refractivity contribution in [3.05, 3.63) is 191 Å². The van der Waals surface area contributed by atoms with E-state index >= 15 is 0 Å². The fraction of sp³-hybridized carbons (Fsp3) is 0.174. The molecule has 2 aliphatic carbocycles. The zero-order valence-corrected chi connectivity index (χ0v) is 30.7. The largest absolute Gasteiger partial charge is 2.00 e. The van der Waals surface area contributed by atoms with E-state index in [9.17, 15) is 0 Å². The zero-order chi connectivity index (χ0) is 32.7. The molecule has 2 atom stereocenters. The summed E-state index contributed by atoms with van der Waals surface area (Å²) in [7, 11) is 0. The number of benzene rings is 4. The fourth-order valence-electron chi connectivity index (χ4n) is 6.87. The summed E-state index contributed by atoms with van der Waals surface area (Å²) >= 11 is 0. The molecule has 4 aromatic carbocycles. The van der Waals surface area contributed by atoms with Gasteiger partial charge in [0, 0.05) is 23.8 Å². The van der Waals surface area contributed by atoms with Gasteiger partial charge in [0.15, 0.2) is 0 Å². The molecule has 0 saturated carbocycles. The van der Waals surface area contributed by atoms with E-state index in [1.54, 1.807) is 0 Å². The Morgan fingerprint density at radius 3 is 1.29 bits per heavy atom. The molecule has 49 heavy (non-hydrogen) atoms. The molecular formula is C46H40N2Zr. The van der Waals surface area contributed by atoms with Gasteiger partial charge in [-0.25, -0.2) is 12.2 Å². The molecule has 2 nitrogen and oxygen atoms in total. The van der Waals surface area contributed by atoms with E-state index in [0.29, 0.717) is 0 Å². The maximum atomic E-state index is 4.51. The first kappa shape index (κ1) is 34.4. The van der Waals surface area contributed by atoms with Gasteiger partial charge in [0.1, 0.15) is 0 Å². The van der Waals surface area contributed by atoms with Gasteiger partial charge in [0.25, 0.3) is 0 Å². The van der Waals surface area contributed by atoms with Crippen LogP contribution in [-0.2, 0) is 39.0 Å². The van der Waals surface area contributed by atoms with Gasteiger partial charge in [-0.1, -0.05) is 135 Å². The van der Waals surface area contributed by atoms with Gasteiger partial charge < -0.3 is 0 Å². The van der Waals surface area contributed by atoms with Gasteiger partial charge in [0.05, 0.1) is 0 Å². The van der Waals surface area contributed by atoms with Crippen molar-refractivity contribution >= 4 is 12.2 Å². The summed E-state index contributed by atoms with van der Waals surface area (Å²) in [4.78, 5) is 9.02. The molecule has 2 heterocycles. The van der Waals surface area contributed by atoms with Crippen LogP contribution in [-0.4, -0.2) is 9.97 Å². The quantitative estimate of drug-likeness (QED) is 0.147. The standard InChI is InChI=1S/2C23H20N.Zr/c2*1-2-6-17-10-12-18(13-11-17)19-7-5-8-20-21(19)14-15-22(20)23-9-3-4-16-24-23;/h2*3-5,7-14,16,22H,2,6H2,1H3;/q2*-1;+2. The third-order valence-electron chi connectivity index (χ3n) is 9.26. The minimum Gasteiger partial charge on any atom is -0.262 e. The zero-order valence-electron chi connectivity index (χ0n) is 28.2. The second kappa shape index (κ2) is 16.3. The van der Waals surface area contributed by atoms with Crippen molar-refractivity contribution in [2.24, 2.45) is 0 Å². The van der Waals surface area contributed by atoms with Gasteiger partial charge in [-0.2, -0.15) is 11.1 Å². The van der Waals surface area contributed by atoms with Crippen molar-refractivity contribution in [1.29, 1.82) is 0 Å². The summed E-state index contributed by atoms with van der Waals surface area (Å²) in [6, 6.07) is 43.2. The second-order valence-electron chi connectivity index (χ2n) is 12.5. The van der Waals surface area contributed by atoms with Crippen LogP contribution in [0, 0.1) is 12.2 Å². The molecule has 2 aliphatic rings. The van der Waals surface area contributed by atoms with E-state index in [-0.39, 0.29) is 38.0 Å². The Morgan fingerprint density at radius 2 is 0.918 bits per heavy atom. The molecule has 0 N–H and O–H groups in total. The van der Waals surface area contributed by atoms with Gasteiger partial charge in [-0.15, -0.1) is 11.1 Å². The van der Waals surface area contributed by atoms with Crippen LogP contribution in [0.15, 0.2) is 134 Å². The Balaban J connectivity index is 0.000000167. The average Bonchev–Trinajstić information content (AvgIpc) is 3.79. The summed E-state index contributed by atoms with van der Waals surface area (Å²) in [6.45, 7) is 4.44. The van der Waals surface area contributed by atoms with E-state index in [0.717, 1.165) is 24.2 Å². The third-order valence-corrected chi connectivity index (χ3v) is 9.26. The van der Waals surface area contributed by atoms with Gasteiger partial charge in [-0.3, -0.25) is 22.1 Å². The van der Waals surface area contributed by atoms with Crippen LogP contribution in [0.2, 0.25) is 0 Å². The van der Waals surface area contributed by atoms with Crippen LogP contribution in [0.1, 0.15) is 83.3 Å². The number of aromatic nitrogens is 2. The SMILES string of the molecule is CCCc1ccc(-c2cccc3c2C=[C-]C3c2ccccn2)cc1.CCCc1ccc(-c2cccc3c2C=[C-]C3c2ccccn2)cc1.[Zr+2]. The van der Waals surface area contributed by atoms with Crippen molar-refractivity contribution in [3.63, 3.8) is 0 Å². The van der Waals surface area contributed by atoms with Crippen molar-refractivity contribution in [2.75, 3.05) is 0 Å². The van der Waals surface area contributed by atoms with Crippen LogP contribution in [0.3, 0.4) is 0 Å². The van der Waals surface area contributed by atoms with E-state index in [4.69, 9.17) is 0 Å². The Bertz CT molecular complexity index is 1880. The topological polar surface area (TPSA) is 25.8 Å². The molecule has 2 aromatic heterocycles. The van der Waals surface area contributed by atoms with Crippen LogP contribution in [0.25, 0.3) is 34.4 Å². The fourth-order valence-corrected chi connectivity index (χ4v) is 6.87. The Hall–Kier alpha value is -4.46. The third kappa shape index (κ3) is 7.58. The van der Waals surface area contributed by atoms with Crippen LogP contribution in [0.5, 0.6) is 0 Å². The molecule has 2 unspecified atom stereocenters. The van der Waals surface area contributed by atoms with Gasteiger partial charge >= 0.3 is 26.2 Å². The summed E-state index contributed by atoms with van der Waals surface area (Å²) in [5.41, 5.74) is 15.2. The number of hydrogen-bond acceptors (Lipinski definition) is 2. The second-order valence-corrected chi connectivity index (χ2v) is 12.5. The molecule has 0 aliphatic heterocycles. The number of aryl methyl sites for hydroxylation is 2. The predicted octanol–water partition coefficient (Wildman–Crippen LogP) is 11.3. The molecule has 6 aromatic rings. The van der Waals surface area contributed by atoms with E-state index in [1.807, 2.05) is 36.7 Å². The van der Waals surface area contributed by atoms with Crippen LogP contribution in [0.4, 0.5) is 0 Å². The number of pyridine rings is 2. The van der Waals surface area contributed by atoms with E-state index in [2.05, 4.69) is 145 Å². The first-order valence-electron chi connectivity index (χ1n) is 17.2. The number of rotatable bonds is 8. The number of allylic oxidation sites excluding steroid dienone is 2. The molecule has 238 valence electrons. The minimum absolute atomic E-state index is 0. The maximum absolute atomic E-state index is 4.51. The molecule has 3 heteroatoms. The van der Waals surface area contributed by atoms with Crippen molar-refractivity contribution < 1.29 is 26.2 Å². The molecule has 0 fully saturated rings. The molecule has 0 bridgehead atoms. The summed E-state index contributed by atoms with van der Waals surface area (Å²) < 4.78 is 0. The number of nitrogens with zero attached hydrogens (tertiary/aromatic N) is 2. The summed E-state index contributed by atoms with van der Waals surface area (Å²) in [5, 5.41) is 0. The van der Waals surface area contributed by atoms with Gasteiger partial charge in [0.2, 0.25) is 0 Å². The van der Waals surface area contributed by atoms with Crippen LogP contribution >= 0.6 is 0 Å². The Labute approximate surface area is 310 Å². The monoisotopic (exact) mass is 710 g/mol. The van der Waals surface area contributed by atoms with Crippen molar-refractivity contribution in [1.82, 2.24) is 9.97 Å². The summed E-state index contributed by atoms with van der Waals surface area (Å²) in [5.74, 6) is 0.279. The van der Waals surface area contributed by atoms with Crippen molar-refractivity contribution in [2.45, 2.75) is 51.4 Å². The molecule has 0 radical (unpaired) electrons. The van der Waals surface area contributed by atoms with E-state index < -0.39 is 0 Å². The molecule has 0 spiro atoms. The van der Waals surface area contributed by atoms with E-state index in [1.165, 1.54) is 68.5 Å². The number of fused-ring (bicyclic) bond motifs is 2. The first-order valence-corrected chi connectivity index (χ1v) is 17.2. The molecule has 8 rings (SSSR count). The Kier molecular flexibility index (Phi) is 11.4. The minimum atomic E-state index is 0. The van der Waals surface area contributed by atoms with Crippen LogP contribution < -0.4 is 0 Å². The normalized spacial score (nSPS) is 15.1. The Morgan fingerprint density at radius 1 is 0.490 bits per heavy atom. The molecule has 0 amide bonds. The number of hydrogen-bond donors (Lipinski definition) is 0. The summed E-state index contributed by atoms with van der Waals surface area (Å²) in [6.07, 6.45) is 19.6. The molecule has 0 saturated heterocycles. The smallest absolute Gasteiger partial charge is 0.262 e. The average molecular weight is 712 g/mol. The predicted molar refractivity (Wildman–Crippen MR) is 199 cm³/mol. The maximum Gasteiger partial charge on any atom is 2.00 e. The van der Waals surface area contributed by atoms with Crippen molar-refractivity contribution in [3.8, 4) is 22.3 Å².